The third-order valence-electron chi connectivity index (χ3n) is 3.71. The highest BCUT2D eigenvalue weighted by Gasteiger charge is 2.20. The first kappa shape index (κ1) is 15.1. The summed E-state index contributed by atoms with van der Waals surface area (Å²) in [5.41, 5.74) is 8.41. The molecule has 0 aliphatic heterocycles. The van der Waals surface area contributed by atoms with Crippen molar-refractivity contribution in [2.75, 3.05) is 19.0 Å². The molecule has 5 nitrogen and oxygen atoms in total. The summed E-state index contributed by atoms with van der Waals surface area (Å²) in [6.45, 7) is 2.19. The highest BCUT2D eigenvalue weighted by Crippen LogP contribution is 2.33. The fourth-order valence-electron chi connectivity index (χ4n) is 2.61. The molecule has 26 heavy (non-hydrogen) atoms. The quantitative estimate of drug-likeness (QED) is 0.469. The van der Waals surface area contributed by atoms with Gasteiger partial charge in [0.25, 0.3) is 0 Å². The van der Waals surface area contributed by atoms with Crippen LogP contribution in [-0.2, 0) is 17.7 Å². The lowest BCUT2D eigenvalue weighted by Crippen LogP contribution is -2.28. The number of methoxy groups -OCH3 is 1. The van der Waals surface area contributed by atoms with Gasteiger partial charge < -0.3 is 20.2 Å². The molecular weight excluding hydrogens is 370 g/mol. The van der Waals surface area contributed by atoms with E-state index in [1.54, 1.807) is 24.3 Å². The fraction of sp³-hybridized carbons (Fsp3) is 0.316. The fourth-order valence-corrected chi connectivity index (χ4v) is 3.45. The number of anilines is 1. The minimum Gasteiger partial charge on any atom is -0.456 e. The number of halogens is 1. The molecule has 0 aromatic carbocycles. The lowest BCUT2D eigenvalue weighted by Gasteiger charge is -2.08. The molecule has 1 atom stereocenters. The van der Waals surface area contributed by atoms with Crippen LogP contribution >= 0.6 is 22.9 Å². The number of aromatic nitrogens is 1. The number of thiophene rings is 1. The lowest BCUT2D eigenvalue weighted by molar-refractivity contribution is 0.178. The molecule has 0 fully saturated rings. The van der Waals surface area contributed by atoms with Crippen LogP contribution in [0.2, 0.25) is 5.15 Å². The molecule has 7 heteroatoms. The zero-order valence-electron chi connectivity index (χ0n) is 17.1. The van der Waals surface area contributed by atoms with E-state index >= 15 is 0 Å². The van der Waals surface area contributed by atoms with E-state index in [2.05, 4.69) is 22.1 Å². The second-order valence-electron chi connectivity index (χ2n) is 5.65. The van der Waals surface area contributed by atoms with E-state index in [9.17, 15) is 0 Å². The Morgan fingerprint density at radius 1 is 1.58 bits per heavy atom. The number of hydrogen-bond acceptors (Lipinski definition) is 6. The molecule has 0 bridgehead atoms. The molecule has 3 rings (SSSR count). The van der Waals surface area contributed by atoms with Crippen LogP contribution in [0.25, 0.3) is 11.1 Å². The SMILES string of the molecule is [2H]C([2H])([2H])OCC(N)Cc1oc2c(NCc3cccs3)cc(Cl)nc2c1C#CC. The third-order valence-corrected chi connectivity index (χ3v) is 4.78. The normalized spacial score (nSPS) is 14.2. The van der Waals surface area contributed by atoms with E-state index in [0.717, 1.165) is 4.88 Å². The number of fused-ring (bicyclic) bond motifs is 1. The van der Waals surface area contributed by atoms with Gasteiger partial charge in [0.1, 0.15) is 16.4 Å². The van der Waals surface area contributed by atoms with Crippen LogP contribution in [0.3, 0.4) is 0 Å². The number of hydrogen-bond donors (Lipinski definition) is 2. The van der Waals surface area contributed by atoms with Gasteiger partial charge in [-0.3, -0.25) is 0 Å². The summed E-state index contributed by atoms with van der Waals surface area (Å²) in [6, 6.07) is 5.14. The van der Waals surface area contributed by atoms with Crippen molar-refractivity contribution in [3.8, 4) is 11.8 Å². The first-order chi connectivity index (χ1) is 13.8. The van der Waals surface area contributed by atoms with Crippen LogP contribution in [0.4, 0.5) is 5.69 Å². The number of pyridine rings is 1. The number of ether oxygens (including phenoxy) is 1. The van der Waals surface area contributed by atoms with Crippen molar-refractivity contribution in [3.63, 3.8) is 0 Å². The van der Waals surface area contributed by atoms with E-state index in [0.29, 0.717) is 39.8 Å². The first-order valence-corrected chi connectivity index (χ1v) is 9.23. The minimum atomic E-state index is -2.49. The maximum atomic E-state index is 7.14. The van der Waals surface area contributed by atoms with Crippen molar-refractivity contribution in [1.29, 1.82) is 0 Å². The minimum absolute atomic E-state index is 0.135. The second kappa shape index (κ2) is 8.56. The maximum Gasteiger partial charge on any atom is 0.177 e. The highest BCUT2D eigenvalue weighted by molar-refractivity contribution is 7.09. The van der Waals surface area contributed by atoms with Crippen molar-refractivity contribution < 1.29 is 13.3 Å². The van der Waals surface area contributed by atoms with Crippen LogP contribution in [0.15, 0.2) is 28.0 Å². The molecule has 1 unspecified atom stereocenters. The average molecular weight is 393 g/mol. The smallest absolute Gasteiger partial charge is 0.177 e. The van der Waals surface area contributed by atoms with Gasteiger partial charge in [0.15, 0.2) is 5.58 Å². The standard InChI is InChI=1S/C19H20ClN3O2S/c1-3-5-14-16(8-12(21)11-24-2)25-19-15(9-17(20)23-18(14)19)22-10-13-6-4-7-26-13/h4,6-7,9,12H,8,10-11,21H2,1-2H3,(H,22,23)/i2D3. The monoisotopic (exact) mass is 392 g/mol. The third kappa shape index (κ3) is 4.19. The molecular formula is C19H20ClN3O2S. The van der Waals surface area contributed by atoms with Crippen LogP contribution in [0.1, 0.15) is 27.2 Å². The summed E-state index contributed by atoms with van der Waals surface area (Å²) in [6.07, 6.45) is 0.248. The summed E-state index contributed by atoms with van der Waals surface area (Å²) in [4.78, 5) is 5.55. The van der Waals surface area contributed by atoms with Gasteiger partial charge in [-0.1, -0.05) is 23.6 Å². The van der Waals surface area contributed by atoms with Crippen LogP contribution < -0.4 is 11.1 Å². The Hall–Kier alpha value is -2.04. The van der Waals surface area contributed by atoms with Gasteiger partial charge >= 0.3 is 0 Å². The first-order valence-electron chi connectivity index (χ1n) is 9.47. The zero-order valence-corrected chi connectivity index (χ0v) is 15.7. The van der Waals surface area contributed by atoms with E-state index in [1.165, 1.54) is 0 Å². The summed E-state index contributed by atoms with van der Waals surface area (Å²) in [7, 11) is -2.49. The Labute approximate surface area is 165 Å². The number of nitrogens with two attached hydrogens (primary N) is 1. The second-order valence-corrected chi connectivity index (χ2v) is 7.07. The van der Waals surface area contributed by atoms with Crippen LogP contribution in [0, 0.1) is 11.8 Å². The molecule has 3 N–H and O–H groups in total. The van der Waals surface area contributed by atoms with Crippen LogP contribution in [0.5, 0.6) is 0 Å². The van der Waals surface area contributed by atoms with Gasteiger partial charge in [0.2, 0.25) is 0 Å². The van der Waals surface area contributed by atoms with Gasteiger partial charge in [0, 0.05) is 37.0 Å². The average Bonchev–Trinajstić information content (AvgIpc) is 3.27. The maximum absolute atomic E-state index is 7.14. The molecule has 0 saturated heterocycles. The van der Waals surface area contributed by atoms with Gasteiger partial charge in [-0.15, -0.1) is 17.3 Å². The Kier molecular flexibility index (Phi) is 4.96. The molecule has 0 aliphatic carbocycles. The summed E-state index contributed by atoms with van der Waals surface area (Å²) in [5.74, 6) is 6.37. The Morgan fingerprint density at radius 2 is 2.46 bits per heavy atom. The van der Waals surface area contributed by atoms with E-state index in [1.807, 2.05) is 17.5 Å². The Morgan fingerprint density at radius 3 is 3.19 bits per heavy atom. The van der Waals surface area contributed by atoms with Gasteiger partial charge in [-0.2, -0.15) is 0 Å². The zero-order chi connectivity index (χ0) is 21.0. The van der Waals surface area contributed by atoms with Crippen molar-refractivity contribution in [2.24, 2.45) is 5.73 Å². The number of furan rings is 1. The highest BCUT2D eigenvalue weighted by atomic mass is 35.5. The molecule has 136 valence electrons. The van der Waals surface area contributed by atoms with Crippen molar-refractivity contribution in [1.82, 2.24) is 4.98 Å². The predicted octanol–water partition coefficient (Wildman–Crippen LogP) is 4.04. The molecule has 3 aromatic heterocycles. The van der Waals surface area contributed by atoms with E-state index in [4.69, 9.17) is 30.6 Å². The van der Waals surface area contributed by atoms with Gasteiger partial charge in [0.05, 0.1) is 22.0 Å². The number of nitrogens with one attached hydrogen (secondary N) is 1. The summed E-state index contributed by atoms with van der Waals surface area (Å²) < 4.78 is 32.3. The Bertz CT molecular complexity index is 1040. The predicted molar refractivity (Wildman–Crippen MR) is 107 cm³/mol. The Balaban J connectivity index is 1.91. The van der Waals surface area contributed by atoms with E-state index in [-0.39, 0.29) is 13.0 Å². The molecule has 0 amide bonds. The summed E-state index contributed by atoms with van der Waals surface area (Å²) >= 11 is 7.87. The number of rotatable bonds is 7. The summed E-state index contributed by atoms with van der Waals surface area (Å²) in [5, 5.41) is 5.65. The number of nitrogens with zero attached hydrogens (tertiary/aromatic N) is 1. The van der Waals surface area contributed by atoms with E-state index < -0.39 is 13.1 Å². The molecule has 3 heterocycles. The molecule has 0 spiro atoms. The van der Waals surface area contributed by atoms with Crippen molar-refractivity contribution >= 4 is 39.7 Å². The molecule has 0 saturated carbocycles. The van der Waals surface area contributed by atoms with Crippen molar-refractivity contribution in [2.45, 2.75) is 25.9 Å². The molecule has 0 radical (unpaired) electrons. The molecule has 3 aromatic rings. The largest absolute Gasteiger partial charge is 0.456 e. The lowest BCUT2D eigenvalue weighted by atomic mass is 10.1. The van der Waals surface area contributed by atoms with Crippen molar-refractivity contribution in [3.05, 3.63) is 44.9 Å². The topological polar surface area (TPSA) is 73.3 Å². The molecule has 0 aliphatic rings. The van der Waals surface area contributed by atoms with Gasteiger partial charge in [-0.25, -0.2) is 4.98 Å². The van der Waals surface area contributed by atoms with Gasteiger partial charge in [-0.05, 0) is 18.4 Å². The van der Waals surface area contributed by atoms with Crippen LogP contribution in [-0.4, -0.2) is 24.7 Å².